The Morgan fingerprint density at radius 3 is 2.67 bits per heavy atom. The van der Waals surface area contributed by atoms with E-state index in [1.165, 1.54) is 29.6 Å². The predicted octanol–water partition coefficient (Wildman–Crippen LogP) is 0.201. The van der Waals surface area contributed by atoms with Crippen molar-refractivity contribution in [2.45, 2.75) is 23.8 Å². The standard InChI is InChI=1S/C13H18N2O5S/c1-20-13(17)11-5-2-9(14)8-12(11)21(18,19)15(6-7-16)10-3-4-10/h2,5,8,10,16H,3-4,6-7,14H2,1H3. The Morgan fingerprint density at radius 2 is 2.14 bits per heavy atom. The van der Waals surface area contributed by atoms with Gasteiger partial charge in [0.25, 0.3) is 0 Å². The molecule has 0 aliphatic heterocycles. The molecule has 3 N–H and O–H groups in total. The topological polar surface area (TPSA) is 110 Å². The number of nitrogens with two attached hydrogens (primary N) is 1. The summed E-state index contributed by atoms with van der Waals surface area (Å²) in [4.78, 5) is 11.6. The highest BCUT2D eigenvalue weighted by molar-refractivity contribution is 7.89. The van der Waals surface area contributed by atoms with Gasteiger partial charge in [-0.2, -0.15) is 4.31 Å². The maximum atomic E-state index is 12.7. The summed E-state index contributed by atoms with van der Waals surface area (Å²) in [5.41, 5.74) is 5.82. The minimum Gasteiger partial charge on any atom is -0.465 e. The number of aliphatic hydroxyl groups excluding tert-OH is 1. The van der Waals surface area contributed by atoms with Crippen molar-refractivity contribution in [3.8, 4) is 0 Å². The van der Waals surface area contributed by atoms with Gasteiger partial charge in [-0.25, -0.2) is 13.2 Å². The molecule has 0 saturated heterocycles. The summed E-state index contributed by atoms with van der Waals surface area (Å²) in [6, 6.07) is 3.89. The summed E-state index contributed by atoms with van der Waals surface area (Å²) in [5.74, 6) is -0.742. The number of ether oxygens (including phenoxy) is 1. The smallest absolute Gasteiger partial charge is 0.339 e. The summed E-state index contributed by atoms with van der Waals surface area (Å²) >= 11 is 0. The van der Waals surface area contributed by atoms with Crippen LogP contribution >= 0.6 is 0 Å². The number of aliphatic hydroxyl groups is 1. The fraction of sp³-hybridized carbons (Fsp3) is 0.462. The number of sulfonamides is 1. The van der Waals surface area contributed by atoms with E-state index in [1.54, 1.807) is 0 Å². The molecule has 1 aliphatic carbocycles. The SMILES string of the molecule is COC(=O)c1ccc(N)cc1S(=O)(=O)N(CCO)C1CC1. The molecule has 0 radical (unpaired) electrons. The Labute approximate surface area is 123 Å². The Kier molecular flexibility index (Phi) is 4.50. The molecule has 21 heavy (non-hydrogen) atoms. The molecule has 2 rings (SSSR count). The second-order valence-electron chi connectivity index (χ2n) is 4.82. The van der Waals surface area contributed by atoms with Crippen LogP contribution in [-0.2, 0) is 14.8 Å². The lowest BCUT2D eigenvalue weighted by molar-refractivity contribution is 0.0596. The lowest BCUT2D eigenvalue weighted by atomic mass is 10.2. The molecule has 7 nitrogen and oxygen atoms in total. The summed E-state index contributed by atoms with van der Waals surface area (Å²) < 4.78 is 31.3. The van der Waals surface area contributed by atoms with E-state index in [1.807, 2.05) is 0 Å². The molecule has 0 spiro atoms. The van der Waals surface area contributed by atoms with Crippen molar-refractivity contribution in [3.05, 3.63) is 23.8 Å². The zero-order valence-corrected chi connectivity index (χ0v) is 12.5. The van der Waals surface area contributed by atoms with Gasteiger partial charge in [0.15, 0.2) is 0 Å². The first-order valence-corrected chi connectivity index (χ1v) is 7.96. The van der Waals surface area contributed by atoms with Crippen LogP contribution in [0.15, 0.2) is 23.1 Å². The van der Waals surface area contributed by atoms with Crippen molar-refractivity contribution in [1.29, 1.82) is 0 Å². The zero-order valence-electron chi connectivity index (χ0n) is 11.7. The van der Waals surface area contributed by atoms with Crippen LogP contribution in [0.5, 0.6) is 0 Å². The molecular weight excluding hydrogens is 296 g/mol. The molecule has 0 amide bonds. The molecule has 0 aromatic heterocycles. The highest BCUT2D eigenvalue weighted by Crippen LogP contribution is 2.33. The van der Waals surface area contributed by atoms with E-state index < -0.39 is 16.0 Å². The minimum absolute atomic E-state index is 0.0115. The average molecular weight is 314 g/mol. The summed E-state index contributed by atoms with van der Waals surface area (Å²) in [6.45, 7) is -0.298. The highest BCUT2D eigenvalue weighted by atomic mass is 32.2. The number of hydrogen-bond acceptors (Lipinski definition) is 6. The van der Waals surface area contributed by atoms with Crippen LogP contribution in [0.4, 0.5) is 5.69 Å². The lowest BCUT2D eigenvalue weighted by Crippen LogP contribution is -2.36. The van der Waals surface area contributed by atoms with Gasteiger partial charge in [-0.15, -0.1) is 0 Å². The van der Waals surface area contributed by atoms with Crippen molar-refractivity contribution in [3.63, 3.8) is 0 Å². The zero-order chi connectivity index (χ0) is 15.6. The van der Waals surface area contributed by atoms with Crippen LogP contribution in [0.25, 0.3) is 0 Å². The van der Waals surface area contributed by atoms with Gasteiger partial charge in [0.1, 0.15) is 0 Å². The van der Waals surface area contributed by atoms with E-state index in [-0.39, 0.29) is 35.3 Å². The number of carbonyl (C=O) groups excluding carboxylic acids is 1. The van der Waals surface area contributed by atoms with Crippen LogP contribution < -0.4 is 5.73 Å². The normalized spacial score (nSPS) is 15.2. The third-order valence-electron chi connectivity index (χ3n) is 3.27. The van der Waals surface area contributed by atoms with Crippen LogP contribution in [-0.4, -0.2) is 50.1 Å². The number of hydrogen-bond donors (Lipinski definition) is 2. The third kappa shape index (κ3) is 3.17. The Balaban J connectivity index is 2.52. The van der Waals surface area contributed by atoms with Gasteiger partial charge in [0, 0.05) is 18.3 Å². The molecule has 8 heteroatoms. The van der Waals surface area contributed by atoms with Crippen LogP contribution in [0, 0.1) is 0 Å². The molecule has 116 valence electrons. The molecule has 0 unspecified atom stereocenters. The number of benzene rings is 1. The van der Waals surface area contributed by atoms with Gasteiger partial charge >= 0.3 is 5.97 Å². The number of nitrogens with zero attached hydrogens (tertiary/aromatic N) is 1. The first kappa shape index (κ1) is 15.7. The number of methoxy groups -OCH3 is 1. The third-order valence-corrected chi connectivity index (χ3v) is 5.26. The second-order valence-corrected chi connectivity index (χ2v) is 6.68. The summed E-state index contributed by atoms with van der Waals surface area (Å²) in [6.07, 6.45) is 1.49. The molecule has 1 aromatic rings. The largest absolute Gasteiger partial charge is 0.465 e. The van der Waals surface area contributed by atoms with E-state index in [9.17, 15) is 13.2 Å². The highest BCUT2D eigenvalue weighted by Gasteiger charge is 2.39. The van der Waals surface area contributed by atoms with Crippen molar-refractivity contribution >= 4 is 21.7 Å². The number of carbonyl (C=O) groups is 1. The fourth-order valence-electron chi connectivity index (χ4n) is 2.12. The number of nitrogen functional groups attached to an aromatic ring is 1. The maximum Gasteiger partial charge on any atom is 0.339 e. The molecule has 0 atom stereocenters. The second kappa shape index (κ2) is 6.00. The van der Waals surface area contributed by atoms with Gasteiger partial charge in [-0.3, -0.25) is 0 Å². The van der Waals surface area contributed by atoms with Crippen LogP contribution in [0.1, 0.15) is 23.2 Å². The number of esters is 1. The molecule has 0 heterocycles. The fourth-order valence-corrected chi connectivity index (χ4v) is 4.01. The molecule has 1 fully saturated rings. The maximum absolute atomic E-state index is 12.7. The van der Waals surface area contributed by atoms with Crippen LogP contribution in [0.3, 0.4) is 0 Å². The van der Waals surface area contributed by atoms with Gasteiger partial charge < -0.3 is 15.6 Å². The Hall–Kier alpha value is -1.64. The van der Waals surface area contributed by atoms with Gasteiger partial charge in [-0.1, -0.05) is 0 Å². The Morgan fingerprint density at radius 1 is 1.48 bits per heavy atom. The molecule has 1 saturated carbocycles. The average Bonchev–Trinajstić information content (AvgIpc) is 3.28. The monoisotopic (exact) mass is 314 g/mol. The van der Waals surface area contributed by atoms with E-state index in [4.69, 9.17) is 10.8 Å². The molecule has 0 bridgehead atoms. The first-order chi connectivity index (χ1) is 9.91. The van der Waals surface area contributed by atoms with Gasteiger partial charge in [0.2, 0.25) is 10.0 Å². The van der Waals surface area contributed by atoms with Crippen molar-refractivity contribution in [1.82, 2.24) is 4.31 Å². The lowest BCUT2D eigenvalue weighted by Gasteiger charge is -2.22. The summed E-state index contributed by atoms with van der Waals surface area (Å²) in [7, 11) is -2.73. The Bertz CT molecular complexity index is 640. The van der Waals surface area contributed by atoms with E-state index in [0.29, 0.717) is 0 Å². The van der Waals surface area contributed by atoms with Gasteiger partial charge in [-0.05, 0) is 31.0 Å². The van der Waals surface area contributed by atoms with Crippen molar-refractivity contribution in [2.75, 3.05) is 26.0 Å². The number of anilines is 1. The first-order valence-electron chi connectivity index (χ1n) is 6.52. The van der Waals surface area contributed by atoms with E-state index in [2.05, 4.69) is 4.74 Å². The summed E-state index contributed by atoms with van der Waals surface area (Å²) in [5, 5.41) is 9.08. The van der Waals surface area contributed by atoms with E-state index >= 15 is 0 Å². The van der Waals surface area contributed by atoms with E-state index in [0.717, 1.165) is 12.8 Å². The molecular formula is C13H18N2O5S. The van der Waals surface area contributed by atoms with Crippen molar-refractivity contribution < 1.29 is 23.1 Å². The molecule has 1 aliphatic rings. The van der Waals surface area contributed by atoms with Gasteiger partial charge in [0.05, 0.1) is 24.2 Å². The quantitative estimate of drug-likeness (QED) is 0.573. The van der Waals surface area contributed by atoms with Crippen molar-refractivity contribution in [2.24, 2.45) is 0 Å². The predicted molar refractivity (Wildman–Crippen MR) is 76.2 cm³/mol. The molecule has 1 aromatic carbocycles. The minimum atomic E-state index is -3.92. The van der Waals surface area contributed by atoms with Crippen LogP contribution in [0.2, 0.25) is 0 Å². The number of rotatable bonds is 6.